The predicted molar refractivity (Wildman–Crippen MR) is 98.1 cm³/mol. The molecule has 4 rings (SSSR count). The highest BCUT2D eigenvalue weighted by Crippen LogP contribution is 2.30. The van der Waals surface area contributed by atoms with Crippen molar-refractivity contribution in [3.05, 3.63) is 84.1 Å². The lowest BCUT2D eigenvalue weighted by atomic mass is 10.1. The molecular formula is C20H11F4N5. The van der Waals surface area contributed by atoms with E-state index in [1.165, 1.54) is 30.5 Å². The first-order chi connectivity index (χ1) is 14.0. The van der Waals surface area contributed by atoms with Crippen LogP contribution in [0.15, 0.2) is 60.8 Å². The van der Waals surface area contributed by atoms with Gasteiger partial charge in [0.2, 0.25) is 5.82 Å². The Morgan fingerprint density at radius 2 is 1.55 bits per heavy atom. The van der Waals surface area contributed by atoms with E-state index in [0.717, 1.165) is 12.1 Å². The first kappa shape index (κ1) is 18.5. The van der Waals surface area contributed by atoms with Crippen LogP contribution in [0.25, 0.3) is 22.8 Å². The summed E-state index contributed by atoms with van der Waals surface area (Å²) >= 11 is 0. The Balaban J connectivity index is 1.84. The zero-order chi connectivity index (χ0) is 20.4. The Morgan fingerprint density at radius 1 is 0.759 bits per heavy atom. The lowest BCUT2D eigenvalue weighted by Crippen LogP contribution is -2.06. The van der Waals surface area contributed by atoms with Crippen LogP contribution in [0, 0.1) is 23.3 Å². The van der Waals surface area contributed by atoms with Gasteiger partial charge in [-0.1, -0.05) is 6.07 Å². The summed E-state index contributed by atoms with van der Waals surface area (Å²) in [5.74, 6) is -4.67. The Kier molecular flexibility index (Phi) is 4.86. The smallest absolute Gasteiger partial charge is 0.202 e. The Hall–Kier alpha value is -3.88. The second-order valence-electron chi connectivity index (χ2n) is 5.90. The lowest BCUT2D eigenvalue weighted by molar-refractivity contribution is 0.449. The van der Waals surface area contributed by atoms with Crippen molar-refractivity contribution in [3.63, 3.8) is 0 Å². The summed E-state index contributed by atoms with van der Waals surface area (Å²) in [4.78, 5) is 8.43. The third kappa shape index (κ3) is 3.75. The molecule has 0 atom stereocenters. The molecule has 0 amide bonds. The monoisotopic (exact) mass is 397 g/mol. The summed E-state index contributed by atoms with van der Waals surface area (Å²) in [6.45, 7) is 0. The highest BCUT2D eigenvalue weighted by atomic mass is 19.2. The van der Waals surface area contributed by atoms with Gasteiger partial charge in [-0.15, -0.1) is 10.2 Å². The molecule has 2 aromatic carbocycles. The number of nitrogens with zero attached hydrogens (tertiary/aromatic N) is 4. The summed E-state index contributed by atoms with van der Waals surface area (Å²) in [7, 11) is 0. The van der Waals surface area contributed by atoms with Gasteiger partial charge in [-0.3, -0.25) is 4.98 Å². The molecule has 5 nitrogen and oxygen atoms in total. The molecular weight excluding hydrogens is 386 g/mol. The molecule has 0 radical (unpaired) electrons. The van der Waals surface area contributed by atoms with Crippen LogP contribution in [0.1, 0.15) is 0 Å². The molecule has 0 saturated heterocycles. The van der Waals surface area contributed by atoms with Crippen molar-refractivity contribution < 1.29 is 17.6 Å². The first-order valence-corrected chi connectivity index (χ1v) is 8.35. The van der Waals surface area contributed by atoms with Gasteiger partial charge < -0.3 is 5.32 Å². The summed E-state index contributed by atoms with van der Waals surface area (Å²) in [5, 5.41) is 10.7. The summed E-state index contributed by atoms with van der Waals surface area (Å²) in [6.07, 6.45) is 1.54. The maximum atomic E-state index is 14.2. The normalized spacial score (nSPS) is 10.8. The summed E-state index contributed by atoms with van der Waals surface area (Å²) in [5.41, 5.74) is 0.650. The fourth-order valence-corrected chi connectivity index (χ4v) is 2.57. The van der Waals surface area contributed by atoms with Crippen molar-refractivity contribution >= 4 is 11.5 Å². The van der Waals surface area contributed by atoms with Crippen LogP contribution >= 0.6 is 0 Å². The maximum absolute atomic E-state index is 14.2. The van der Waals surface area contributed by atoms with Crippen molar-refractivity contribution in [2.24, 2.45) is 0 Å². The highest BCUT2D eigenvalue weighted by molar-refractivity contribution is 5.76. The topological polar surface area (TPSA) is 63.6 Å². The molecule has 1 N–H and O–H groups in total. The molecule has 2 heterocycles. The number of nitrogens with one attached hydrogen (secondary N) is 1. The average Bonchev–Trinajstić information content (AvgIpc) is 2.75. The van der Waals surface area contributed by atoms with E-state index in [1.54, 1.807) is 18.2 Å². The molecule has 2 aromatic heterocycles. The number of aromatic nitrogens is 4. The molecule has 0 bridgehead atoms. The van der Waals surface area contributed by atoms with E-state index in [4.69, 9.17) is 0 Å². The fourth-order valence-electron chi connectivity index (χ4n) is 2.57. The Bertz CT molecular complexity index is 1170. The number of hydrogen-bond donors (Lipinski definition) is 1. The largest absolute Gasteiger partial charge is 0.336 e. The van der Waals surface area contributed by atoms with E-state index < -0.39 is 23.3 Å². The van der Waals surface area contributed by atoms with E-state index >= 15 is 0 Å². The van der Waals surface area contributed by atoms with Crippen LogP contribution in [0.5, 0.6) is 0 Å². The molecule has 0 spiro atoms. The molecule has 0 fully saturated rings. The van der Waals surface area contributed by atoms with Crippen LogP contribution in [0.2, 0.25) is 0 Å². The number of hydrogen-bond acceptors (Lipinski definition) is 5. The minimum Gasteiger partial charge on any atom is -0.336 e. The third-order valence-corrected chi connectivity index (χ3v) is 3.99. The quantitative estimate of drug-likeness (QED) is 0.392. The van der Waals surface area contributed by atoms with Gasteiger partial charge in [0.25, 0.3) is 0 Å². The van der Waals surface area contributed by atoms with Gasteiger partial charge in [0.1, 0.15) is 17.2 Å². The second kappa shape index (κ2) is 7.63. The molecule has 0 saturated carbocycles. The van der Waals surface area contributed by atoms with Gasteiger partial charge in [0.15, 0.2) is 23.3 Å². The molecule has 0 aliphatic carbocycles. The number of halogens is 4. The summed E-state index contributed by atoms with van der Waals surface area (Å²) < 4.78 is 54.3. The third-order valence-electron chi connectivity index (χ3n) is 3.99. The standard InChI is InChI=1S/C20H11F4N5/c21-12-6-4-11(5-7-12)18-20(26-14-9-8-13(22)16(23)17(14)24)27-19(29-28-18)15-3-1-2-10-25-15/h1-10H,(H,26,27,29). The van der Waals surface area contributed by atoms with Gasteiger partial charge in [0, 0.05) is 11.8 Å². The molecule has 9 heteroatoms. The number of benzene rings is 2. The van der Waals surface area contributed by atoms with Crippen molar-refractivity contribution in [3.8, 4) is 22.8 Å². The van der Waals surface area contributed by atoms with E-state index in [-0.39, 0.29) is 23.0 Å². The van der Waals surface area contributed by atoms with Crippen molar-refractivity contribution in [1.29, 1.82) is 0 Å². The predicted octanol–water partition coefficient (Wildman–Crippen LogP) is 4.90. The van der Waals surface area contributed by atoms with Crippen LogP contribution in [-0.2, 0) is 0 Å². The van der Waals surface area contributed by atoms with E-state index in [1.807, 2.05) is 0 Å². The first-order valence-electron chi connectivity index (χ1n) is 8.35. The molecule has 144 valence electrons. The molecule has 0 aliphatic rings. The molecule has 4 aromatic rings. The van der Waals surface area contributed by atoms with Crippen molar-refractivity contribution in [2.45, 2.75) is 0 Å². The minimum atomic E-state index is -1.62. The number of rotatable bonds is 4. The minimum absolute atomic E-state index is 0.0113. The van der Waals surface area contributed by atoms with Gasteiger partial charge in [-0.2, -0.15) is 0 Å². The fraction of sp³-hybridized carbons (Fsp3) is 0. The van der Waals surface area contributed by atoms with Crippen LogP contribution < -0.4 is 5.32 Å². The average molecular weight is 397 g/mol. The Morgan fingerprint density at radius 3 is 2.28 bits per heavy atom. The van der Waals surface area contributed by atoms with Crippen LogP contribution in [-0.4, -0.2) is 20.2 Å². The van der Waals surface area contributed by atoms with Crippen LogP contribution in [0.4, 0.5) is 29.1 Å². The molecule has 29 heavy (non-hydrogen) atoms. The summed E-state index contributed by atoms with van der Waals surface area (Å²) in [6, 6.07) is 12.2. The lowest BCUT2D eigenvalue weighted by Gasteiger charge is -2.12. The van der Waals surface area contributed by atoms with E-state index in [0.29, 0.717) is 11.3 Å². The highest BCUT2D eigenvalue weighted by Gasteiger charge is 2.18. The van der Waals surface area contributed by atoms with Gasteiger partial charge in [-0.05, 0) is 48.5 Å². The van der Waals surface area contributed by atoms with Crippen LogP contribution in [0.3, 0.4) is 0 Å². The second-order valence-corrected chi connectivity index (χ2v) is 5.90. The van der Waals surface area contributed by atoms with E-state index in [9.17, 15) is 17.6 Å². The van der Waals surface area contributed by atoms with Gasteiger partial charge in [-0.25, -0.2) is 22.5 Å². The zero-order valence-electron chi connectivity index (χ0n) is 14.6. The van der Waals surface area contributed by atoms with Gasteiger partial charge >= 0.3 is 0 Å². The van der Waals surface area contributed by atoms with Gasteiger partial charge in [0.05, 0.1) is 5.69 Å². The van der Waals surface area contributed by atoms with Crippen molar-refractivity contribution in [1.82, 2.24) is 20.2 Å². The number of pyridine rings is 1. The number of anilines is 2. The SMILES string of the molecule is Fc1ccc(-c2nnc(-c3ccccn3)nc2Nc2ccc(F)c(F)c2F)cc1. The van der Waals surface area contributed by atoms with Crippen molar-refractivity contribution in [2.75, 3.05) is 5.32 Å². The zero-order valence-corrected chi connectivity index (χ0v) is 14.6. The maximum Gasteiger partial charge on any atom is 0.202 e. The Labute approximate surface area is 162 Å². The van der Waals surface area contributed by atoms with E-state index in [2.05, 4.69) is 25.5 Å². The molecule has 0 aliphatic heterocycles. The molecule has 0 unspecified atom stereocenters.